The summed E-state index contributed by atoms with van der Waals surface area (Å²) < 4.78 is 16.5. The smallest absolute Gasteiger partial charge is 0.0466 e. The van der Waals surface area contributed by atoms with E-state index in [1.54, 1.807) is 0 Å². The minimum absolute atomic E-state index is 0. The van der Waals surface area contributed by atoms with E-state index in [-0.39, 0.29) is 44.6 Å². The molecule has 0 rings (SSSR count). The molecule has 0 radical (unpaired) electrons. The number of hydrogen-bond donors (Lipinski definition) is 0. The van der Waals surface area contributed by atoms with Crippen molar-refractivity contribution in [2.45, 2.75) is 227 Å². The largest absolute Gasteiger partial charge is 0.381 e. The van der Waals surface area contributed by atoms with Crippen molar-refractivity contribution >= 4 is 0 Å². The molecule has 55 heavy (non-hydrogen) atoms. The fraction of sp³-hybridized carbons (Fsp3) is 0.769. The van der Waals surface area contributed by atoms with Gasteiger partial charge >= 0.3 is 0 Å². The van der Waals surface area contributed by atoms with Gasteiger partial charge in [0, 0.05) is 39.6 Å². The third kappa shape index (κ3) is 191. The van der Waals surface area contributed by atoms with E-state index >= 15 is 0 Å². The molecular weight excluding hydrogens is 673 g/mol. The van der Waals surface area contributed by atoms with Gasteiger partial charge in [-0.05, 0) is 38.5 Å². The van der Waals surface area contributed by atoms with Crippen molar-refractivity contribution in [2.24, 2.45) is 0 Å². The standard InChI is InChI=1S/2C12H26O.C10H22O.6C2H4.6CH4/c2*1-3-5-7-8-10-12-13-11-9-6-4-2;1-3-5-7-9-11-10-8-6-4-2;6*1-2;;;;;;/h2*3-12H2,1-2H3;3-10H2,1-2H3;6*1-2H2;6*1H4. The van der Waals surface area contributed by atoms with Crippen LogP contribution in [-0.4, -0.2) is 39.6 Å². The maximum absolute atomic E-state index is 5.52. The summed E-state index contributed by atoms with van der Waals surface area (Å²) in [6.07, 6.45) is 28.8. The summed E-state index contributed by atoms with van der Waals surface area (Å²) in [5.74, 6) is 0. The normalized spacial score (nSPS) is 7.53. The molecule has 0 aliphatic rings. The van der Waals surface area contributed by atoms with Gasteiger partial charge in [0.2, 0.25) is 0 Å². The fourth-order valence-corrected chi connectivity index (χ4v) is 3.74. The summed E-state index contributed by atoms with van der Waals surface area (Å²) in [4.78, 5) is 0. The van der Waals surface area contributed by atoms with Crippen molar-refractivity contribution in [3.63, 3.8) is 0 Å². The van der Waals surface area contributed by atoms with Crippen molar-refractivity contribution in [1.82, 2.24) is 0 Å². The van der Waals surface area contributed by atoms with E-state index < -0.39 is 0 Å². The highest BCUT2D eigenvalue weighted by Crippen LogP contribution is 2.04. The SMILES string of the molecule is C.C.C.C.C.C.C=C.C=C.C=C.C=C.C=C.C=C.CCCCCCCOCCCCC.CCCCCCCOCCCCC.CCCCCOCCCCC. The van der Waals surface area contributed by atoms with Gasteiger partial charge in [0.1, 0.15) is 0 Å². The highest BCUT2D eigenvalue weighted by atomic mass is 16.5. The zero-order valence-electron chi connectivity index (χ0n) is 35.5. The summed E-state index contributed by atoms with van der Waals surface area (Å²) in [7, 11) is 0. The molecule has 0 heterocycles. The lowest BCUT2D eigenvalue weighted by Gasteiger charge is -2.03. The van der Waals surface area contributed by atoms with Gasteiger partial charge in [0.15, 0.2) is 0 Å². The molecular formula is C52H122O3. The molecule has 0 N–H and O–H groups in total. The summed E-state index contributed by atoms with van der Waals surface area (Å²) in [5, 5.41) is 0. The van der Waals surface area contributed by atoms with Crippen LogP contribution in [0.3, 0.4) is 0 Å². The first-order chi connectivity index (χ1) is 24.2. The molecule has 3 nitrogen and oxygen atoms in total. The summed E-state index contributed by atoms with van der Waals surface area (Å²) in [6.45, 7) is 55.2. The minimum atomic E-state index is 0. The van der Waals surface area contributed by atoms with Gasteiger partial charge in [-0.25, -0.2) is 0 Å². The van der Waals surface area contributed by atoms with E-state index in [1.165, 1.54) is 141 Å². The van der Waals surface area contributed by atoms with Gasteiger partial charge in [-0.15, -0.1) is 78.9 Å². The molecule has 0 saturated heterocycles. The first-order valence-corrected chi connectivity index (χ1v) is 20.0. The number of rotatable bonds is 28. The Morgan fingerprint density at radius 1 is 0.200 bits per heavy atom. The van der Waals surface area contributed by atoms with Gasteiger partial charge in [-0.3, -0.25) is 0 Å². The highest BCUT2D eigenvalue weighted by molar-refractivity contribution is 4.44. The van der Waals surface area contributed by atoms with E-state index in [0.29, 0.717) is 0 Å². The van der Waals surface area contributed by atoms with Crippen LogP contribution in [0.4, 0.5) is 0 Å². The third-order valence-corrected chi connectivity index (χ3v) is 6.35. The first kappa shape index (κ1) is 99.4. The summed E-state index contributed by atoms with van der Waals surface area (Å²) in [6, 6.07) is 0. The molecule has 0 aliphatic carbocycles. The van der Waals surface area contributed by atoms with Crippen LogP contribution in [0, 0.1) is 0 Å². The van der Waals surface area contributed by atoms with Gasteiger partial charge in [-0.1, -0.05) is 189 Å². The van der Waals surface area contributed by atoms with Gasteiger partial charge in [0.05, 0.1) is 0 Å². The van der Waals surface area contributed by atoms with E-state index in [0.717, 1.165) is 39.6 Å². The monoisotopic (exact) mass is 795 g/mol. The molecule has 0 bridgehead atoms. The van der Waals surface area contributed by atoms with E-state index in [9.17, 15) is 0 Å². The van der Waals surface area contributed by atoms with E-state index in [2.05, 4.69) is 120 Å². The molecule has 0 aliphatic heterocycles. The average molecular weight is 796 g/mol. The fourth-order valence-electron chi connectivity index (χ4n) is 3.74. The Kier molecular flexibility index (Phi) is 290. The van der Waals surface area contributed by atoms with Crippen LogP contribution in [0.1, 0.15) is 227 Å². The van der Waals surface area contributed by atoms with Crippen LogP contribution in [-0.2, 0) is 14.2 Å². The van der Waals surface area contributed by atoms with Crippen molar-refractivity contribution in [3.05, 3.63) is 78.9 Å². The quantitative estimate of drug-likeness (QED) is 0.0583. The first-order valence-electron chi connectivity index (χ1n) is 20.0. The van der Waals surface area contributed by atoms with Crippen molar-refractivity contribution < 1.29 is 14.2 Å². The van der Waals surface area contributed by atoms with Crippen LogP contribution >= 0.6 is 0 Å². The minimum Gasteiger partial charge on any atom is -0.381 e. The predicted octanol–water partition coefficient (Wildman–Crippen LogP) is 20.3. The molecule has 0 spiro atoms. The predicted molar refractivity (Wildman–Crippen MR) is 276 cm³/mol. The van der Waals surface area contributed by atoms with Crippen molar-refractivity contribution in [2.75, 3.05) is 39.6 Å². The van der Waals surface area contributed by atoms with E-state index in [1.807, 2.05) is 0 Å². The number of hydrogen-bond acceptors (Lipinski definition) is 3. The van der Waals surface area contributed by atoms with Gasteiger partial charge in [-0.2, -0.15) is 0 Å². The molecule has 0 amide bonds. The lowest BCUT2D eigenvalue weighted by Crippen LogP contribution is -1.96. The lowest BCUT2D eigenvalue weighted by atomic mass is 10.2. The Bertz CT molecular complexity index is 337. The van der Waals surface area contributed by atoms with Crippen LogP contribution in [0.25, 0.3) is 0 Å². The molecule has 0 fully saturated rings. The summed E-state index contributed by atoms with van der Waals surface area (Å²) >= 11 is 0. The maximum Gasteiger partial charge on any atom is 0.0466 e. The summed E-state index contributed by atoms with van der Waals surface area (Å²) in [5.41, 5.74) is 0. The Hall–Kier alpha value is -1.68. The maximum atomic E-state index is 5.52. The average Bonchev–Trinajstić information content (AvgIpc) is 3.18. The second-order valence-corrected chi connectivity index (χ2v) is 10.5. The van der Waals surface area contributed by atoms with Crippen molar-refractivity contribution in [3.8, 4) is 0 Å². The second kappa shape index (κ2) is 160. The molecule has 0 atom stereocenters. The molecule has 0 aromatic rings. The zero-order chi connectivity index (χ0) is 39.9. The van der Waals surface area contributed by atoms with E-state index in [4.69, 9.17) is 14.2 Å². The molecule has 0 aromatic heterocycles. The van der Waals surface area contributed by atoms with Gasteiger partial charge in [0.25, 0.3) is 0 Å². The molecule has 3 heteroatoms. The zero-order valence-corrected chi connectivity index (χ0v) is 35.5. The Morgan fingerprint density at radius 3 is 0.455 bits per heavy atom. The van der Waals surface area contributed by atoms with Crippen molar-refractivity contribution in [1.29, 1.82) is 0 Å². The number of unbranched alkanes of at least 4 members (excludes halogenated alkanes) is 16. The van der Waals surface area contributed by atoms with Gasteiger partial charge < -0.3 is 14.2 Å². The Labute approximate surface area is 359 Å². The Balaban J connectivity index is -0.0000000281. The molecule has 0 unspecified atom stereocenters. The van der Waals surface area contributed by atoms with Crippen LogP contribution in [0.15, 0.2) is 78.9 Å². The third-order valence-electron chi connectivity index (χ3n) is 6.35. The topological polar surface area (TPSA) is 27.7 Å². The highest BCUT2D eigenvalue weighted by Gasteiger charge is 1.92. The second-order valence-electron chi connectivity index (χ2n) is 10.5. The van der Waals surface area contributed by atoms with Crippen LogP contribution in [0.2, 0.25) is 0 Å². The Morgan fingerprint density at radius 2 is 0.309 bits per heavy atom. The molecule has 348 valence electrons. The molecule has 0 saturated carbocycles. The lowest BCUT2D eigenvalue weighted by molar-refractivity contribution is 0.126. The molecule has 0 aromatic carbocycles. The van der Waals surface area contributed by atoms with Crippen LogP contribution < -0.4 is 0 Å². The van der Waals surface area contributed by atoms with Crippen LogP contribution in [0.5, 0.6) is 0 Å². The number of ether oxygens (including phenoxy) is 3.